The molecule has 0 bridgehead atoms. The van der Waals surface area contributed by atoms with Crippen LogP contribution >= 0.6 is 11.8 Å². The average Bonchev–Trinajstić information content (AvgIpc) is 2.91. The molecule has 26 heavy (non-hydrogen) atoms. The Morgan fingerprint density at radius 1 is 1.42 bits per heavy atom. The Kier molecular flexibility index (Phi) is 4.14. The van der Waals surface area contributed by atoms with Gasteiger partial charge in [0.2, 0.25) is 0 Å². The Morgan fingerprint density at radius 3 is 2.88 bits per heavy atom. The third-order valence-corrected chi connectivity index (χ3v) is 4.81. The van der Waals surface area contributed by atoms with Crippen LogP contribution in [0.5, 0.6) is 0 Å². The first-order chi connectivity index (χ1) is 12.6. The molecule has 4 heterocycles. The van der Waals surface area contributed by atoms with E-state index in [9.17, 15) is 9.90 Å². The zero-order valence-corrected chi connectivity index (χ0v) is 14.9. The molecule has 134 valence electrons. The molecule has 1 fully saturated rings. The van der Waals surface area contributed by atoms with E-state index < -0.39 is 5.60 Å². The Bertz CT molecular complexity index is 1050. The van der Waals surface area contributed by atoms with Crippen molar-refractivity contribution in [1.29, 1.82) is 0 Å². The number of rotatable bonds is 5. The van der Waals surface area contributed by atoms with E-state index >= 15 is 0 Å². The van der Waals surface area contributed by atoms with Gasteiger partial charge in [0.15, 0.2) is 22.2 Å². The maximum atomic E-state index is 12.8. The van der Waals surface area contributed by atoms with Gasteiger partial charge in [-0.05, 0) is 18.4 Å². The zero-order chi connectivity index (χ0) is 18.3. The van der Waals surface area contributed by atoms with E-state index in [2.05, 4.69) is 21.5 Å². The number of hydrogen-bond donors (Lipinski definition) is 1. The first-order valence-electron chi connectivity index (χ1n) is 7.99. The highest BCUT2D eigenvalue weighted by molar-refractivity contribution is 7.98. The van der Waals surface area contributed by atoms with Crippen LogP contribution in [0.1, 0.15) is 5.69 Å². The molecule has 9 heteroatoms. The smallest absolute Gasteiger partial charge is 0.278 e. The Hall–Kier alpha value is -2.49. The molecule has 0 unspecified atom stereocenters. The van der Waals surface area contributed by atoms with Crippen LogP contribution in [0.3, 0.4) is 0 Å². The van der Waals surface area contributed by atoms with Gasteiger partial charge >= 0.3 is 0 Å². The van der Waals surface area contributed by atoms with Gasteiger partial charge in [-0.3, -0.25) is 4.79 Å². The van der Waals surface area contributed by atoms with E-state index in [4.69, 9.17) is 4.74 Å². The largest absolute Gasteiger partial charge is 0.379 e. The molecule has 1 aliphatic rings. The molecule has 0 spiro atoms. The molecule has 1 aliphatic heterocycles. The maximum Gasteiger partial charge on any atom is 0.278 e. The lowest BCUT2D eigenvalue weighted by molar-refractivity contribution is -0.186. The SMILES string of the molecule is C=CCn1c(=O)c2cnc(SC)nc2n1-c1cccc(C2(O)COC2)n1. The zero-order valence-electron chi connectivity index (χ0n) is 14.1. The number of nitrogens with zero attached hydrogens (tertiary/aromatic N) is 5. The predicted molar refractivity (Wildman–Crippen MR) is 97.6 cm³/mol. The fraction of sp³-hybridized carbons (Fsp3) is 0.294. The first-order valence-corrected chi connectivity index (χ1v) is 9.21. The lowest BCUT2D eigenvalue weighted by Crippen LogP contribution is -2.47. The summed E-state index contributed by atoms with van der Waals surface area (Å²) in [5.74, 6) is 0.488. The van der Waals surface area contributed by atoms with E-state index in [0.717, 1.165) is 0 Å². The third-order valence-electron chi connectivity index (χ3n) is 4.25. The molecule has 4 rings (SSSR count). The number of ether oxygens (including phenoxy) is 1. The standard InChI is InChI=1S/C17H17N5O3S/c1-3-7-21-15(23)11-8-18-16(26-2)20-14(11)22(21)13-6-4-5-12(19-13)17(24)9-25-10-17/h3-6,8,24H,1,7,9-10H2,2H3. The number of thioether (sulfide) groups is 1. The molecule has 0 aromatic carbocycles. The van der Waals surface area contributed by atoms with Gasteiger partial charge in [0.1, 0.15) is 5.39 Å². The lowest BCUT2D eigenvalue weighted by atomic mass is 9.97. The summed E-state index contributed by atoms with van der Waals surface area (Å²) < 4.78 is 8.27. The molecule has 8 nitrogen and oxygen atoms in total. The monoisotopic (exact) mass is 371 g/mol. The van der Waals surface area contributed by atoms with Crippen molar-refractivity contribution in [2.45, 2.75) is 17.3 Å². The molecular formula is C17H17N5O3S. The van der Waals surface area contributed by atoms with Crippen molar-refractivity contribution in [2.24, 2.45) is 0 Å². The molecule has 0 amide bonds. The first kappa shape index (κ1) is 17.0. The Labute approximate surface area is 153 Å². The van der Waals surface area contributed by atoms with E-state index in [1.165, 1.54) is 22.6 Å². The second-order valence-corrected chi connectivity index (χ2v) is 6.76. The van der Waals surface area contributed by atoms with Gasteiger partial charge in [0.25, 0.3) is 5.56 Å². The van der Waals surface area contributed by atoms with Crippen LogP contribution in [0.4, 0.5) is 0 Å². The number of pyridine rings is 1. The van der Waals surface area contributed by atoms with Gasteiger partial charge in [0, 0.05) is 6.20 Å². The summed E-state index contributed by atoms with van der Waals surface area (Å²) >= 11 is 1.39. The minimum atomic E-state index is -1.10. The summed E-state index contributed by atoms with van der Waals surface area (Å²) in [6.45, 7) is 4.42. The highest BCUT2D eigenvalue weighted by Gasteiger charge is 2.39. The molecular weight excluding hydrogens is 354 g/mol. The Morgan fingerprint density at radius 2 is 2.23 bits per heavy atom. The second kappa shape index (κ2) is 6.35. The van der Waals surface area contributed by atoms with Gasteiger partial charge in [-0.15, -0.1) is 6.58 Å². The summed E-state index contributed by atoms with van der Waals surface area (Å²) in [5.41, 5.74) is -0.343. The lowest BCUT2D eigenvalue weighted by Gasteiger charge is -2.35. The van der Waals surface area contributed by atoms with Crippen molar-refractivity contribution in [1.82, 2.24) is 24.3 Å². The molecule has 1 saturated heterocycles. The van der Waals surface area contributed by atoms with Crippen molar-refractivity contribution < 1.29 is 9.84 Å². The summed E-state index contributed by atoms with van der Waals surface area (Å²) in [4.78, 5) is 26.0. The van der Waals surface area contributed by atoms with Crippen molar-refractivity contribution >= 4 is 22.8 Å². The summed E-state index contributed by atoms with van der Waals surface area (Å²) in [6.07, 6.45) is 5.04. The fourth-order valence-corrected chi connectivity index (χ4v) is 3.21. The fourth-order valence-electron chi connectivity index (χ4n) is 2.87. The topological polar surface area (TPSA) is 95.1 Å². The Balaban J connectivity index is 1.98. The van der Waals surface area contributed by atoms with E-state index in [0.29, 0.717) is 34.2 Å². The highest BCUT2D eigenvalue weighted by Crippen LogP contribution is 2.28. The van der Waals surface area contributed by atoms with Gasteiger partial charge in [-0.1, -0.05) is 23.9 Å². The van der Waals surface area contributed by atoms with E-state index in [1.54, 1.807) is 29.0 Å². The summed E-state index contributed by atoms with van der Waals surface area (Å²) in [7, 11) is 0. The molecule has 0 atom stereocenters. The second-order valence-electron chi connectivity index (χ2n) is 5.99. The normalized spacial score (nSPS) is 15.8. The van der Waals surface area contributed by atoms with Crippen LogP contribution in [0.15, 0.2) is 47.0 Å². The molecule has 1 N–H and O–H groups in total. The molecule has 0 saturated carbocycles. The van der Waals surface area contributed by atoms with Gasteiger partial charge in [-0.25, -0.2) is 24.3 Å². The van der Waals surface area contributed by atoms with Crippen LogP contribution in [0.2, 0.25) is 0 Å². The maximum absolute atomic E-state index is 12.8. The number of allylic oxidation sites excluding steroid dienone is 1. The minimum absolute atomic E-state index is 0.203. The van der Waals surface area contributed by atoms with Crippen molar-refractivity contribution in [3.8, 4) is 5.82 Å². The number of aliphatic hydroxyl groups is 1. The summed E-state index contributed by atoms with van der Waals surface area (Å²) in [6, 6.07) is 5.31. The van der Waals surface area contributed by atoms with Gasteiger partial charge < -0.3 is 9.84 Å². The van der Waals surface area contributed by atoms with Crippen LogP contribution in [-0.4, -0.2) is 48.9 Å². The number of hydrogen-bond acceptors (Lipinski definition) is 7. The van der Waals surface area contributed by atoms with Crippen LogP contribution in [0, 0.1) is 0 Å². The van der Waals surface area contributed by atoms with Crippen LogP contribution in [-0.2, 0) is 16.9 Å². The molecule has 0 radical (unpaired) electrons. The summed E-state index contributed by atoms with van der Waals surface area (Å²) in [5, 5.41) is 11.5. The minimum Gasteiger partial charge on any atom is -0.379 e. The number of aromatic nitrogens is 5. The van der Waals surface area contributed by atoms with Crippen molar-refractivity contribution in [3.05, 3.63) is 53.1 Å². The highest BCUT2D eigenvalue weighted by atomic mass is 32.2. The molecule has 0 aliphatic carbocycles. The quantitative estimate of drug-likeness (QED) is 0.408. The van der Waals surface area contributed by atoms with Crippen molar-refractivity contribution in [2.75, 3.05) is 19.5 Å². The molecule has 3 aromatic rings. The molecule has 3 aromatic heterocycles. The van der Waals surface area contributed by atoms with Gasteiger partial charge in [0.05, 0.1) is 25.5 Å². The van der Waals surface area contributed by atoms with Gasteiger partial charge in [-0.2, -0.15) is 0 Å². The number of fused-ring (bicyclic) bond motifs is 1. The average molecular weight is 371 g/mol. The predicted octanol–water partition coefficient (Wildman–Crippen LogP) is 1.10. The van der Waals surface area contributed by atoms with Crippen LogP contribution in [0.25, 0.3) is 16.9 Å². The van der Waals surface area contributed by atoms with E-state index in [-0.39, 0.29) is 18.8 Å². The van der Waals surface area contributed by atoms with Crippen LogP contribution < -0.4 is 5.56 Å². The van der Waals surface area contributed by atoms with Crippen molar-refractivity contribution in [3.63, 3.8) is 0 Å². The third kappa shape index (κ3) is 2.56. The van der Waals surface area contributed by atoms with E-state index in [1.807, 2.05) is 6.26 Å².